The number of fused-ring (bicyclic) bond motifs is 6. The predicted molar refractivity (Wildman–Crippen MR) is 286 cm³/mol. The first-order chi connectivity index (χ1) is 31.0. The second kappa shape index (κ2) is 15.7. The van der Waals surface area contributed by atoms with Crippen molar-refractivity contribution in [3.63, 3.8) is 0 Å². The van der Waals surface area contributed by atoms with Gasteiger partial charge < -0.3 is 18.9 Å². The van der Waals surface area contributed by atoms with Gasteiger partial charge >= 0.3 is 0 Å². The molecule has 0 aliphatic rings. The van der Waals surface area contributed by atoms with Crippen molar-refractivity contribution in [2.45, 2.75) is 39.3 Å². The number of thiophene rings is 2. The SMILES string of the molecule is C[Si](C)(C)c1ccc(N(c2ccc([Si](C)(C)C)cc2)c2cc3c(s2)c2cc4c(cc2n3-c2ccccc2)c2sc(N(c3ccccc3)c3ccccc3)cc2n4-c2ccccc2)cc1. The summed E-state index contributed by atoms with van der Waals surface area (Å²) < 4.78 is 7.52. The van der Waals surface area contributed by atoms with Crippen LogP contribution in [0.1, 0.15) is 0 Å². The lowest BCUT2D eigenvalue weighted by atomic mass is 10.2. The van der Waals surface area contributed by atoms with E-state index < -0.39 is 16.1 Å². The van der Waals surface area contributed by atoms with Crippen LogP contribution in [0.3, 0.4) is 0 Å². The van der Waals surface area contributed by atoms with Crippen LogP contribution in [0, 0.1) is 0 Å². The predicted octanol–water partition coefficient (Wildman–Crippen LogP) is 16.0. The van der Waals surface area contributed by atoms with Gasteiger partial charge in [0.1, 0.15) is 10.0 Å². The first-order valence-electron chi connectivity index (χ1n) is 22.1. The van der Waals surface area contributed by atoms with Crippen LogP contribution in [-0.2, 0) is 0 Å². The lowest BCUT2D eigenvalue weighted by Gasteiger charge is -2.26. The smallest absolute Gasteiger partial charge is 0.103 e. The second-order valence-electron chi connectivity index (χ2n) is 18.8. The molecule has 0 N–H and O–H groups in total. The molecular weight excluding hydrogens is 849 g/mol. The van der Waals surface area contributed by atoms with E-state index in [4.69, 9.17) is 0 Å². The zero-order chi connectivity index (χ0) is 43.7. The molecule has 0 amide bonds. The first kappa shape index (κ1) is 40.4. The van der Waals surface area contributed by atoms with E-state index in [2.05, 4.69) is 252 Å². The van der Waals surface area contributed by atoms with Crippen LogP contribution >= 0.6 is 22.7 Å². The Morgan fingerprint density at radius 3 is 0.984 bits per heavy atom. The minimum absolute atomic E-state index is 1.14. The maximum Gasteiger partial charge on any atom is 0.103 e. The molecule has 4 aromatic heterocycles. The number of para-hydroxylation sites is 4. The fourth-order valence-electron chi connectivity index (χ4n) is 9.14. The maximum absolute atomic E-state index is 2.49. The average Bonchev–Trinajstić information content (AvgIpc) is 4.06. The highest BCUT2D eigenvalue weighted by Gasteiger charge is 2.26. The molecule has 4 heterocycles. The minimum Gasteiger partial charge on any atom is -0.308 e. The summed E-state index contributed by atoms with van der Waals surface area (Å²) in [6.07, 6.45) is 0. The second-order valence-corrected chi connectivity index (χ2v) is 31.0. The van der Waals surface area contributed by atoms with E-state index in [1.807, 2.05) is 22.7 Å². The molecule has 314 valence electrons. The Bertz CT molecular complexity index is 3330. The van der Waals surface area contributed by atoms with Crippen molar-refractivity contribution in [3.05, 3.63) is 194 Å². The van der Waals surface area contributed by atoms with E-state index in [1.165, 1.54) is 74.0 Å². The molecule has 7 aromatic carbocycles. The lowest BCUT2D eigenvalue weighted by molar-refractivity contribution is 1.17. The van der Waals surface area contributed by atoms with Crippen LogP contribution < -0.4 is 20.2 Å². The van der Waals surface area contributed by atoms with Crippen molar-refractivity contribution in [3.8, 4) is 11.4 Å². The molecule has 0 bridgehead atoms. The highest BCUT2D eigenvalue weighted by molar-refractivity contribution is 7.24. The van der Waals surface area contributed by atoms with Crippen molar-refractivity contribution < 1.29 is 0 Å². The number of anilines is 6. The zero-order valence-corrected chi connectivity index (χ0v) is 40.7. The third-order valence-electron chi connectivity index (χ3n) is 12.4. The Morgan fingerprint density at radius 1 is 0.344 bits per heavy atom. The van der Waals surface area contributed by atoms with Crippen molar-refractivity contribution in [2.24, 2.45) is 0 Å². The van der Waals surface area contributed by atoms with Gasteiger partial charge in [-0.3, -0.25) is 0 Å². The summed E-state index contributed by atoms with van der Waals surface area (Å²) in [4.78, 5) is 4.86. The van der Waals surface area contributed by atoms with Gasteiger partial charge in [0.25, 0.3) is 0 Å². The number of hydrogen-bond donors (Lipinski definition) is 0. The lowest BCUT2D eigenvalue weighted by Crippen LogP contribution is -2.37. The Balaban J connectivity index is 1.17. The van der Waals surface area contributed by atoms with Crippen LogP contribution in [0.4, 0.5) is 32.8 Å². The fourth-order valence-corrected chi connectivity index (χ4v) is 13.9. The minimum atomic E-state index is -1.49. The highest BCUT2D eigenvalue weighted by atomic mass is 32.1. The largest absolute Gasteiger partial charge is 0.308 e. The van der Waals surface area contributed by atoms with Gasteiger partial charge in [-0.1, -0.05) is 147 Å². The van der Waals surface area contributed by atoms with Gasteiger partial charge in [-0.25, -0.2) is 0 Å². The van der Waals surface area contributed by atoms with Gasteiger partial charge in [-0.2, -0.15) is 0 Å². The number of benzene rings is 7. The van der Waals surface area contributed by atoms with Crippen LogP contribution in [-0.4, -0.2) is 25.3 Å². The summed E-state index contributed by atoms with van der Waals surface area (Å²) in [5.74, 6) is 0. The number of rotatable bonds is 10. The number of hydrogen-bond acceptors (Lipinski definition) is 4. The quantitative estimate of drug-likeness (QED) is 0.127. The van der Waals surface area contributed by atoms with Gasteiger partial charge in [0.05, 0.1) is 47.6 Å². The molecule has 0 atom stereocenters. The van der Waals surface area contributed by atoms with Gasteiger partial charge in [0, 0.05) is 44.9 Å². The molecule has 0 saturated carbocycles. The Hall–Kier alpha value is -6.43. The summed E-state index contributed by atoms with van der Waals surface area (Å²) in [5.41, 5.74) is 11.8. The van der Waals surface area contributed by atoms with Gasteiger partial charge in [-0.15, -0.1) is 22.7 Å². The normalized spacial score (nSPS) is 12.2. The monoisotopic (exact) mass is 898 g/mol. The summed E-state index contributed by atoms with van der Waals surface area (Å²) in [5, 5.41) is 7.81. The van der Waals surface area contributed by atoms with E-state index in [0.717, 1.165) is 22.7 Å². The maximum atomic E-state index is 2.49. The summed E-state index contributed by atoms with van der Waals surface area (Å²) in [6.45, 7) is 14.5. The van der Waals surface area contributed by atoms with E-state index in [-0.39, 0.29) is 0 Å². The average molecular weight is 899 g/mol. The van der Waals surface area contributed by atoms with Crippen molar-refractivity contribution in [1.29, 1.82) is 0 Å². The van der Waals surface area contributed by atoms with E-state index in [0.29, 0.717) is 0 Å². The topological polar surface area (TPSA) is 16.3 Å². The molecule has 0 spiro atoms. The van der Waals surface area contributed by atoms with Gasteiger partial charge in [0.2, 0.25) is 0 Å². The van der Waals surface area contributed by atoms with E-state index >= 15 is 0 Å². The van der Waals surface area contributed by atoms with Crippen LogP contribution in [0.15, 0.2) is 194 Å². The zero-order valence-electron chi connectivity index (χ0n) is 37.1. The Morgan fingerprint density at radius 2 is 0.656 bits per heavy atom. The summed E-state index contributed by atoms with van der Waals surface area (Å²) in [6, 6.07) is 71.8. The molecule has 11 aromatic rings. The molecule has 4 nitrogen and oxygen atoms in total. The molecule has 0 radical (unpaired) electrons. The molecule has 0 unspecified atom stereocenters. The van der Waals surface area contributed by atoms with E-state index in [9.17, 15) is 0 Å². The number of aromatic nitrogens is 2. The van der Waals surface area contributed by atoms with E-state index in [1.54, 1.807) is 0 Å². The Kier molecular flexibility index (Phi) is 9.88. The molecule has 0 aliphatic carbocycles. The standard InChI is InChI=1S/C56H50N4S2Si2/c1-63(2,3)45-31-27-43(28-32-45)58(44-29-33-46(34-30-44)64(4,5)6)54-38-52-56(62-54)48-36-49-47(35-50(48)60(52)42-25-17-10-18-26-42)55-51(59(49)41-23-15-9-16-24-41)37-53(61-55)57(39-19-11-7-12-20-39)40-21-13-8-14-22-40/h7-38H,1-6H3. The third kappa shape index (κ3) is 7.02. The first-order valence-corrected chi connectivity index (χ1v) is 30.7. The van der Waals surface area contributed by atoms with Gasteiger partial charge in [-0.05, 0) is 97.1 Å². The summed E-state index contributed by atoms with van der Waals surface area (Å²) >= 11 is 3.75. The molecule has 0 fully saturated rings. The highest BCUT2D eigenvalue weighted by Crippen LogP contribution is 2.50. The van der Waals surface area contributed by atoms with Crippen LogP contribution in [0.5, 0.6) is 0 Å². The van der Waals surface area contributed by atoms with Crippen LogP contribution in [0.25, 0.3) is 53.6 Å². The van der Waals surface area contributed by atoms with Crippen molar-refractivity contribution >= 4 is 124 Å². The fraction of sp³-hybridized carbons (Fsp3) is 0.107. The van der Waals surface area contributed by atoms with Crippen molar-refractivity contribution in [2.75, 3.05) is 9.80 Å². The molecule has 0 saturated heterocycles. The van der Waals surface area contributed by atoms with Crippen molar-refractivity contribution in [1.82, 2.24) is 9.13 Å². The number of nitrogens with zero attached hydrogens (tertiary/aromatic N) is 4. The molecule has 0 aliphatic heterocycles. The van der Waals surface area contributed by atoms with Gasteiger partial charge in [0.15, 0.2) is 0 Å². The third-order valence-corrected chi connectivity index (χ3v) is 18.9. The molecule has 8 heteroatoms. The molecule has 64 heavy (non-hydrogen) atoms. The summed E-state index contributed by atoms with van der Waals surface area (Å²) in [7, 11) is -2.97. The molecular formula is C56H50N4S2Si2. The molecule has 11 rings (SSSR count). The van der Waals surface area contributed by atoms with Crippen LogP contribution in [0.2, 0.25) is 39.3 Å². The Labute approximate surface area is 385 Å².